The average Bonchev–Trinajstić information content (AvgIpc) is 2.61. The van der Waals surface area contributed by atoms with E-state index in [2.05, 4.69) is 12.8 Å². The van der Waals surface area contributed by atoms with Crippen molar-refractivity contribution in [1.82, 2.24) is 0 Å². The Kier molecular flexibility index (Phi) is 7.08. The van der Waals surface area contributed by atoms with Gasteiger partial charge in [0.25, 0.3) is 0 Å². The number of nitrogens with two attached hydrogens (primary N) is 1. The van der Waals surface area contributed by atoms with Crippen LogP contribution in [0.3, 0.4) is 0 Å². The third-order valence-electron chi connectivity index (χ3n) is 3.48. The molecule has 0 saturated heterocycles. The standard InChI is InChI=1S/C18H20F2N2O3S/c1-2-3-7-17(25-16-9-8-12(19)10-15(16)20)24-14-6-4-5-13(11-14)22(26)18(21)23/h4-6,8-11,17,26H,2-3,7H2,1H3,(H2,21,23). The predicted octanol–water partition coefficient (Wildman–Crippen LogP) is 4.67. The van der Waals surface area contributed by atoms with Crippen LogP contribution in [0, 0.1) is 11.6 Å². The molecular weight excluding hydrogens is 362 g/mol. The fourth-order valence-electron chi connectivity index (χ4n) is 2.19. The van der Waals surface area contributed by atoms with E-state index in [9.17, 15) is 13.6 Å². The lowest BCUT2D eigenvalue weighted by atomic mass is 10.2. The molecule has 0 heterocycles. The second-order valence-electron chi connectivity index (χ2n) is 5.53. The van der Waals surface area contributed by atoms with Gasteiger partial charge in [-0.2, -0.15) is 0 Å². The van der Waals surface area contributed by atoms with E-state index in [0.29, 0.717) is 17.9 Å². The molecule has 0 saturated carbocycles. The van der Waals surface area contributed by atoms with Crippen LogP contribution < -0.4 is 19.5 Å². The summed E-state index contributed by atoms with van der Waals surface area (Å²) in [6.07, 6.45) is 1.39. The molecule has 140 valence electrons. The lowest BCUT2D eigenvalue weighted by molar-refractivity contribution is -0.00486. The fourth-order valence-corrected chi connectivity index (χ4v) is 2.32. The Morgan fingerprint density at radius 1 is 1.23 bits per heavy atom. The summed E-state index contributed by atoms with van der Waals surface area (Å²) < 4.78 is 39.2. The molecular formula is C18H20F2N2O3S. The Hall–Kier alpha value is -2.48. The van der Waals surface area contributed by atoms with Crippen molar-refractivity contribution in [2.45, 2.75) is 32.5 Å². The largest absolute Gasteiger partial charge is 0.455 e. The highest BCUT2D eigenvalue weighted by molar-refractivity contribution is 7.82. The summed E-state index contributed by atoms with van der Waals surface area (Å²) in [5, 5.41) is 0. The Bertz CT molecular complexity index is 761. The number of primary amides is 1. The van der Waals surface area contributed by atoms with E-state index in [1.807, 2.05) is 6.92 Å². The van der Waals surface area contributed by atoms with Crippen molar-refractivity contribution >= 4 is 24.5 Å². The second kappa shape index (κ2) is 9.28. The number of anilines is 1. The number of hydrogen-bond donors (Lipinski definition) is 2. The molecule has 0 spiro atoms. The second-order valence-corrected chi connectivity index (χ2v) is 5.93. The van der Waals surface area contributed by atoms with E-state index in [-0.39, 0.29) is 5.75 Å². The van der Waals surface area contributed by atoms with Crippen LogP contribution in [0.15, 0.2) is 42.5 Å². The SMILES string of the molecule is CCCCC(Oc1cccc(N(S)C(N)=O)c1)Oc1ccc(F)cc1F. The minimum atomic E-state index is -0.806. The molecule has 1 atom stereocenters. The third kappa shape index (κ3) is 5.52. The van der Waals surface area contributed by atoms with E-state index in [1.54, 1.807) is 24.3 Å². The van der Waals surface area contributed by atoms with Gasteiger partial charge in [0, 0.05) is 18.6 Å². The summed E-state index contributed by atoms with van der Waals surface area (Å²) >= 11 is 4.00. The zero-order chi connectivity index (χ0) is 19.1. The number of carbonyl (C=O) groups is 1. The summed E-state index contributed by atoms with van der Waals surface area (Å²) in [4.78, 5) is 11.2. The number of carbonyl (C=O) groups excluding carboxylic acids is 1. The number of rotatable bonds is 8. The normalized spacial score (nSPS) is 11.7. The molecule has 2 aromatic carbocycles. The minimum absolute atomic E-state index is 0.100. The number of ether oxygens (including phenoxy) is 2. The molecule has 5 nitrogen and oxygen atoms in total. The number of hydrogen-bond acceptors (Lipinski definition) is 4. The first kappa shape index (κ1) is 19.8. The molecule has 8 heteroatoms. The van der Waals surface area contributed by atoms with Crippen LogP contribution in [0.5, 0.6) is 11.5 Å². The number of thiol groups is 1. The van der Waals surface area contributed by atoms with Crippen LogP contribution in [-0.2, 0) is 0 Å². The Morgan fingerprint density at radius 3 is 2.65 bits per heavy atom. The molecule has 2 N–H and O–H groups in total. The average molecular weight is 382 g/mol. The smallest absolute Gasteiger partial charge is 0.329 e. The van der Waals surface area contributed by atoms with Crippen molar-refractivity contribution in [3.63, 3.8) is 0 Å². The van der Waals surface area contributed by atoms with Gasteiger partial charge in [0.05, 0.1) is 5.69 Å². The highest BCUT2D eigenvalue weighted by Crippen LogP contribution is 2.26. The van der Waals surface area contributed by atoms with Gasteiger partial charge in [0.15, 0.2) is 11.6 Å². The first-order valence-corrected chi connectivity index (χ1v) is 8.47. The Balaban J connectivity index is 2.17. The summed E-state index contributed by atoms with van der Waals surface area (Å²) in [5.41, 5.74) is 5.61. The van der Waals surface area contributed by atoms with Gasteiger partial charge < -0.3 is 15.2 Å². The van der Waals surface area contributed by atoms with Crippen molar-refractivity contribution in [2.75, 3.05) is 4.31 Å². The maximum absolute atomic E-state index is 13.8. The van der Waals surface area contributed by atoms with Crippen molar-refractivity contribution in [1.29, 1.82) is 0 Å². The van der Waals surface area contributed by atoms with Gasteiger partial charge in [-0.05, 0) is 30.7 Å². The maximum atomic E-state index is 13.8. The number of benzene rings is 2. The molecule has 0 aliphatic heterocycles. The fraction of sp³-hybridized carbons (Fsp3) is 0.278. The van der Waals surface area contributed by atoms with Crippen molar-refractivity contribution < 1.29 is 23.0 Å². The van der Waals surface area contributed by atoms with Crippen LogP contribution >= 0.6 is 12.8 Å². The van der Waals surface area contributed by atoms with Gasteiger partial charge >= 0.3 is 6.03 Å². The van der Waals surface area contributed by atoms with E-state index in [4.69, 9.17) is 15.2 Å². The monoisotopic (exact) mass is 382 g/mol. The molecule has 26 heavy (non-hydrogen) atoms. The molecule has 2 aromatic rings. The van der Waals surface area contributed by atoms with E-state index >= 15 is 0 Å². The molecule has 0 bridgehead atoms. The topological polar surface area (TPSA) is 64.8 Å². The van der Waals surface area contributed by atoms with Crippen LogP contribution in [0.4, 0.5) is 19.3 Å². The zero-order valence-corrected chi connectivity index (χ0v) is 15.1. The molecule has 0 radical (unpaired) electrons. The number of halogens is 2. The lowest BCUT2D eigenvalue weighted by Crippen LogP contribution is -2.27. The Labute approximate surface area is 156 Å². The van der Waals surface area contributed by atoms with Crippen molar-refractivity contribution in [2.24, 2.45) is 5.73 Å². The highest BCUT2D eigenvalue weighted by Gasteiger charge is 2.16. The minimum Gasteiger partial charge on any atom is -0.455 e. The number of unbranched alkanes of at least 4 members (excludes halogenated alkanes) is 1. The Morgan fingerprint density at radius 2 is 2.00 bits per heavy atom. The molecule has 0 aromatic heterocycles. The molecule has 0 fully saturated rings. The van der Waals surface area contributed by atoms with Crippen molar-refractivity contribution in [3.05, 3.63) is 54.1 Å². The van der Waals surface area contributed by atoms with Crippen LogP contribution in [-0.4, -0.2) is 12.3 Å². The van der Waals surface area contributed by atoms with E-state index < -0.39 is 24.0 Å². The van der Waals surface area contributed by atoms with E-state index in [0.717, 1.165) is 29.3 Å². The summed E-state index contributed by atoms with van der Waals surface area (Å²) in [6.45, 7) is 2.00. The van der Waals surface area contributed by atoms with Crippen LogP contribution in [0.1, 0.15) is 26.2 Å². The summed E-state index contributed by atoms with van der Waals surface area (Å²) in [6, 6.07) is 8.85. The van der Waals surface area contributed by atoms with Crippen LogP contribution in [0.2, 0.25) is 0 Å². The molecule has 2 amide bonds. The lowest BCUT2D eigenvalue weighted by Gasteiger charge is -2.22. The quantitative estimate of drug-likeness (QED) is 0.515. The van der Waals surface area contributed by atoms with Crippen LogP contribution in [0.25, 0.3) is 0 Å². The maximum Gasteiger partial charge on any atom is 0.329 e. The van der Waals surface area contributed by atoms with Gasteiger partial charge in [-0.15, -0.1) is 0 Å². The van der Waals surface area contributed by atoms with Gasteiger partial charge in [-0.1, -0.05) is 32.2 Å². The molecule has 0 aliphatic carbocycles. The van der Waals surface area contributed by atoms with Gasteiger partial charge in [0.1, 0.15) is 11.6 Å². The molecule has 1 unspecified atom stereocenters. The predicted molar refractivity (Wildman–Crippen MR) is 98.4 cm³/mol. The summed E-state index contributed by atoms with van der Waals surface area (Å²) in [7, 11) is 0. The van der Waals surface area contributed by atoms with Gasteiger partial charge in [0.2, 0.25) is 6.29 Å². The third-order valence-corrected chi connectivity index (χ3v) is 3.91. The highest BCUT2D eigenvalue weighted by atomic mass is 32.1. The number of nitrogens with zero attached hydrogens (tertiary/aromatic N) is 1. The first-order chi connectivity index (χ1) is 12.4. The first-order valence-electron chi connectivity index (χ1n) is 8.07. The number of amides is 2. The molecule has 0 aliphatic rings. The van der Waals surface area contributed by atoms with E-state index in [1.165, 1.54) is 6.07 Å². The number of urea groups is 1. The van der Waals surface area contributed by atoms with Crippen molar-refractivity contribution in [3.8, 4) is 11.5 Å². The molecule has 2 rings (SSSR count). The zero-order valence-electron chi connectivity index (χ0n) is 14.2. The summed E-state index contributed by atoms with van der Waals surface area (Å²) in [5.74, 6) is -1.20. The van der Waals surface area contributed by atoms with Gasteiger partial charge in [-0.25, -0.2) is 17.9 Å². The van der Waals surface area contributed by atoms with Gasteiger partial charge in [-0.3, -0.25) is 0 Å².